The summed E-state index contributed by atoms with van der Waals surface area (Å²) in [5, 5.41) is 0. The van der Waals surface area contributed by atoms with E-state index in [0.717, 1.165) is 0 Å². The number of hydrogen-bond acceptors (Lipinski definition) is 4. The van der Waals surface area contributed by atoms with E-state index in [2.05, 4.69) is 6.58 Å². The minimum atomic E-state index is -0.424. The third kappa shape index (κ3) is 3.73. The molecular weight excluding hydrogens is 220 g/mol. The Morgan fingerprint density at radius 3 is 2.41 bits per heavy atom. The Hall–Kier alpha value is -2.14. The summed E-state index contributed by atoms with van der Waals surface area (Å²) in [7, 11) is 0. The van der Waals surface area contributed by atoms with Gasteiger partial charge in [-0.2, -0.15) is 0 Å². The molecule has 3 N–H and O–H groups in total. The Morgan fingerprint density at radius 2 is 1.88 bits per heavy atom. The number of hydrazine groups is 1. The van der Waals surface area contributed by atoms with Crippen LogP contribution >= 0.6 is 0 Å². The molecule has 0 aliphatic carbocycles. The van der Waals surface area contributed by atoms with Crippen molar-refractivity contribution >= 4 is 11.9 Å². The van der Waals surface area contributed by atoms with E-state index in [-0.39, 0.29) is 0 Å². The van der Waals surface area contributed by atoms with Crippen molar-refractivity contribution in [3.05, 3.63) is 48.0 Å². The first kappa shape index (κ1) is 12.9. The smallest absolute Gasteiger partial charge is 0.338 e. The fourth-order valence-electron chi connectivity index (χ4n) is 1.16. The van der Waals surface area contributed by atoms with Crippen molar-refractivity contribution < 1.29 is 14.3 Å². The van der Waals surface area contributed by atoms with E-state index in [4.69, 9.17) is 10.6 Å². The molecule has 0 spiro atoms. The number of esters is 1. The third-order valence-corrected chi connectivity index (χ3v) is 2.07. The molecule has 0 bridgehead atoms. The van der Waals surface area contributed by atoms with Crippen molar-refractivity contribution in [3.63, 3.8) is 0 Å². The Balaban J connectivity index is 2.63. The number of hydrogen-bond donors (Lipinski definition) is 2. The molecule has 0 unspecified atom stereocenters. The lowest BCUT2D eigenvalue weighted by Gasteiger charge is -2.04. The Morgan fingerprint density at radius 1 is 1.29 bits per heavy atom. The minimum Gasteiger partial charge on any atom is -0.462 e. The highest BCUT2D eigenvalue weighted by molar-refractivity contribution is 5.95. The molecule has 0 aromatic heterocycles. The number of ether oxygens (including phenoxy) is 1. The van der Waals surface area contributed by atoms with Crippen LogP contribution in [0.15, 0.2) is 36.9 Å². The van der Waals surface area contributed by atoms with Gasteiger partial charge in [-0.15, -0.1) is 6.58 Å². The summed E-state index contributed by atoms with van der Waals surface area (Å²) in [6.07, 6.45) is 2.28. The highest BCUT2D eigenvalue weighted by Gasteiger charge is 2.08. The second-order valence-corrected chi connectivity index (χ2v) is 3.26. The zero-order valence-electron chi connectivity index (χ0n) is 9.31. The molecule has 5 nitrogen and oxygen atoms in total. The molecule has 1 rings (SSSR count). The molecule has 0 aliphatic rings. The van der Waals surface area contributed by atoms with Crippen LogP contribution in [0.5, 0.6) is 0 Å². The molecule has 0 aliphatic heterocycles. The maximum absolute atomic E-state index is 11.5. The van der Waals surface area contributed by atoms with Crippen LogP contribution in [0.4, 0.5) is 0 Å². The number of carbonyl (C=O) groups is 2. The summed E-state index contributed by atoms with van der Waals surface area (Å²) in [5.74, 6) is 4.15. The molecule has 0 radical (unpaired) electrons. The predicted octanol–water partition coefficient (Wildman–Crippen LogP) is 1.02. The SMILES string of the molecule is C=CCCOC(=O)c1ccc(C(=O)NN)cc1. The van der Waals surface area contributed by atoms with Gasteiger partial charge in [0, 0.05) is 5.56 Å². The second kappa shape index (κ2) is 6.44. The van der Waals surface area contributed by atoms with Gasteiger partial charge in [-0.25, -0.2) is 10.6 Å². The van der Waals surface area contributed by atoms with E-state index < -0.39 is 11.9 Å². The fraction of sp³-hybridized carbons (Fsp3) is 0.167. The number of nitrogen functional groups attached to an aromatic ring is 1. The van der Waals surface area contributed by atoms with Crippen molar-refractivity contribution in [1.29, 1.82) is 0 Å². The lowest BCUT2D eigenvalue weighted by Crippen LogP contribution is -2.29. The van der Waals surface area contributed by atoms with Crippen molar-refractivity contribution in [3.8, 4) is 0 Å². The summed E-state index contributed by atoms with van der Waals surface area (Å²) in [6, 6.07) is 6.04. The third-order valence-electron chi connectivity index (χ3n) is 2.07. The van der Waals surface area contributed by atoms with Crippen molar-refractivity contribution in [2.24, 2.45) is 5.84 Å². The molecule has 17 heavy (non-hydrogen) atoms. The number of nitrogens with two attached hydrogens (primary N) is 1. The first-order chi connectivity index (χ1) is 8.19. The number of rotatable bonds is 5. The highest BCUT2D eigenvalue weighted by Crippen LogP contribution is 2.06. The van der Waals surface area contributed by atoms with Crippen LogP contribution in [0.3, 0.4) is 0 Å². The molecule has 5 heteroatoms. The van der Waals surface area contributed by atoms with Crippen LogP contribution in [0.1, 0.15) is 27.1 Å². The lowest BCUT2D eigenvalue weighted by molar-refractivity contribution is 0.0511. The van der Waals surface area contributed by atoms with Gasteiger partial charge < -0.3 is 4.74 Å². The number of nitrogens with one attached hydrogen (secondary N) is 1. The summed E-state index contributed by atoms with van der Waals surface area (Å²) in [5.41, 5.74) is 2.78. The molecule has 0 atom stereocenters. The van der Waals surface area contributed by atoms with Crippen LogP contribution in [-0.4, -0.2) is 18.5 Å². The van der Waals surface area contributed by atoms with Crippen LogP contribution in [0.2, 0.25) is 0 Å². The molecule has 1 amide bonds. The van der Waals surface area contributed by atoms with E-state index in [9.17, 15) is 9.59 Å². The average molecular weight is 234 g/mol. The molecule has 1 aromatic rings. The summed E-state index contributed by atoms with van der Waals surface area (Å²) >= 11 is 0. The first-order valence-corrected chi connectivity index (χ1v) is 5.08. The average Bonchev–Trinajstić information content (AvgIpc) is 2.38. The molecular formula is C12H14N2O3. The van der Waals surface area contributed by atoms with E-state index in [1.165, 1.54) is 24.3 Å². The molecule has 0 saturated heterocycles. The van der Waals surface area contributed by atoms with Crippen LogP contribution < -0.4 is 11.3 Å². The lowest BCUT2D eigenvalue weighted by atomic mass is 10.1. The number of amides is 1. The molecule has 0 saturated carbocycles. The number of carbonyl (C=O) groups excluding carboxylic acids is 2. The largest absolute Gasteiger partial charge is 0.462 e. The van der Waals surface area contributed by atoms with Gasteiger partial charge in [0.1, 0.15) is 0 Å². The van der Waals surface area contributed by atoms with E-state index in [0.29, 0.717) is 24.2 Å². The quantitative estimate of drug-likeness (QED) is 0.199. The van der Waals surface area contributed by atoms with Crippen molar-refractivity contribution in [2.75, 3.05) is 6.61 Å². The normalized spacial score (nSPS) is 9.47. The highest BCUT2D eigenvalue weighted by atomic mass is 16.5. The van der Waals surface area contributed by atoms with Gasteiger partial charge in [0.05, 0.1) is 12.2 Å². The molecule has 0 heterocycles. The Labute approximate surface area is 99.2 Å². The fourth-order valence-corrected chi connectivity index (χ4v) is 1.16. The zero-order valence-corrected chi connectivity index (χ0v) is 9.31. The summed E-state index contributed by atoms with van der Waals surface area (Å²) in [4.78, 5) is 22.6. The van der Waals surface area contributed by atoms with Crippen LogP contribution in [0.25, 0.3) is 0 Å². The monoisotopic (exact) mass is 234 g/mol. The minimum absolute atomic E-state index is 0.299. The maximum Gasteiger partial charge on any atom is 0.338 e. The van der Waals surface area contributed by atoms with E-state index in [1.807, 2.05) is 5.43 Å². The van der Waals surface area contributed by atoms with Gasteiger partial charge in [-0.3, -0.25) is 10.2 Å². The molecule has 1 aromatic carbocycles. The van der Waals surface area contributed by atoms with Crippen molar-refractivity contribution in [2.45, 2.75) is 6.42 Å². The number of benzene rings is 1. The van der Waals surface area contributed by atoms with Gasteiger partial charge in [0.25, 0.3) is 5.91 Å². The summed E-state index contributed by atoms with van der Waals surface area (Å²) < 4.78 is 4.96. The standard InChI is InChI=1S/C12H14N2O3/c1-2-3-8-17-12(16)10-6-4-9(5-7-10)11(15)14-13/h2,4-7H,1,3,8,13H2,(H,14,15). The topological polar surface area (TPSA) is 81.4 Å². The van der Waals surface area contributed by atoms with Gasteiger partial charge >= 0.3 is 5.97 Å². The van der Waals surface area contributed by atoms with Crippen molar-refractivity contribution in [1.82, 2.24) is 5.43 Å². The molecule has 90 valence electrons. The van der Waals surface area contributed by atoms with Crippen LogP contribution in [0, 0.1) is 0 Å². The molecule has 0 fully saturated rings. The van der Waals surface area contributed by atoms with Gasteiger partial charge in [-0.1, -0.05) is 6.08 Å². The van der Waals surface area contributed by atoms with Gasteiger partial charge in [0.2, 0.25) is 0 Å². The maximum atomic E-state index is 11.5. The second-order valence-electron chi connectivity index (χ2n) is 3.26. The van der Waals surface area contributed by atoms with E-state index in [1.54, 1.807) is 6.08 Å². The van der Waals surface area contributed by atoms with Gasteiger partial charge in [-0.05, 0) is 30.7 Å². The van der Waals surface area contributed by atoms with Gasteiger partial charge in [0.15, 0.2) is 0 Å². The van der Waals surface area contributed by atoms with E-state index >= 15 is 0 Å². The zero-order chi connectivity index (χ0) is 12.7. The Bertz CT molecular complexity index is 412. The summed E-state index contributed by atoms with van der Waals surface area (Å²) in [6.45, 7) is 3.82. The van der Waals surface area contributed by atoms with Crippen LogP contribution in [-0.2, 0) is 4.74 Å². The first-order valence-electron chi connectivity index (χ1n) is 5.08. The predicted molar refractivity (Wildman–Crippen MR) is 63.2 cm³/mol. The Kier molecular flexibility index (Phi) is 4.90.